The molecule has 290 valence electrons. The van der Waals surface area contributed by atoms with Gasteiger partial charge >= 0.3 is 18.0 Å². The Kier molecular flexibility index (Phi) is 14.1. The van der Waals surface area contributed by atoms with Gasteiger partial charge in [0.2, 0.25) is 5.91 Å². The summed E-state index contributed by atoms with van der Waals surface area (Å²) in [6.07, 6.45) is -0.600. The smallest absolute Gasteiger partial charge is 0.416 e. The fourth-order valence-corrected chi connectivity index (χ4v) is 6.35. The van der Waals surface area contributed by atoms with Gasteiger partial charge in [-0.05, 0) is 55.4 Å². The highest BCUT2D eigenvalue weighted by Gasteiger charge is 2.46. The molecule has 0 spiro atoms. The Labute approximate surface area is 314 Å². The van der Waals surface area contributed by atoms with Crippen LogP contribution < -0.4 is 15.0 Å². The number of rotatable bonds is 17. The molecule has 2 aromatic carbocycles. The topological polar surface area (TPSA) is 189 Å². The minimum Gasteiger partial charge on any atom is -0.493 e. The van der Waals surface area contributed by atoms with Crippen LogP contribution >= 0.6 is 0 Å². The van der Waals surface area contributed by atoms with E-state index in [2.05, 4.69) is 18.5 Å². The van der Waals surface area contributed by atoms with Gasteiger partial charge in [-0.15, -0.1) is 0 Å². The van der Waals surface area contributed by atoms with Crippen molar-refractivity contribution in [3.05, 3.63) is 83.5 Å². The van der Waals surface area contributed by atoms with E-state index in [-0.39, 0.29) is 87.3 Å². The van der Waals surface area contributed by atoms with Crippen LogP contribution in [0.1, 0.15) is 73.5 Å². The molecule has 0 saturated carbocycles. The summed E-state index contributed by atoms with van der Waals surface area (Å²) < 4.78 is 16.5. The molecule has 1 fully saturated rings. The number of anilines is 1. The van der Waals surface area contributed by atoms with Crippen LogP contribution in [0.5, 0.6) is 5.75 Å². The van der Waals surface area contributed by atoms with Crippen LogP contribution in [0.25, 0.3) is 0 Å². The van der Waals surface area contributed by atoms with E-state index in [1.165, 1.54) is 17.0 Å². The molecule has 0 bridgehead atoms. The van der Waals surface area contributed by atoms with Gasteiger partial charge in [0.15, 0.2) is 12.0 Å². The fourth-order valence-electron chi connectivity index (χ4n) is 6.35. The number of aliphatic carboxylic acids is 1. The van der Waals surface area contributed by atoms with Crippen LogP contribution in [0.4, 0.5) is 10.5 Å². The first-order valence-electron chi connectivity index (χ1n) is 17.9. The lowest BCUT2D eigenvalue weighted by molar-refractivity contribution is -0.146. The first kappa shape index (κ1) is 41.3. The second-order valence-corrected chi connectivity index (χ2v) is 14.0. The highest BCUT2D eigenvalue weighted by molar-refractivity contribution is 6.06. The van der Waals surface area contributed by atoms with Crippen LogP contribution in [0, 0.1) is 18.8 Å². The molecule has 2 aliphatic rings. The largest absolute Gasteiger partial charge is 0.493 e. The molecule has 0 aromatic heterocycles. The summed E-state index contributed by atoms with van der Waals surface area (Å²) in [5.41, 5.74) is 2.84. The standard InChI is InChI=1S/C40H49N3O11/c1-7-14-53-36(47)19-29(23(2)3)37(48)41-26(6)33(44)18-27-10-12-28(13-11-27)22-54-40(51)43-31-20-34(52-15-8-9-35(45)46)25(5)17-30(31)38(49)42-21-24(4)16-32(42)39(43)50/h7,10-13,17,20,23,26,29,32,39,50H,1,4,8-9,14-16,18-19,21-22H2,2-3,5-6H3,(H,41,48)(H,45,46)/t26-,29-,32-,39?/m0/s1. The normalized spacial score (nSPS) is 17.5. The van der Waals surface area contributed by atoms with Crippen molar-refractivity contribution < 1.29 is 53.2 Å². The number of Topliss-reactive ketones (excluding diaryl/α,β-unsaturated/α-hetero) is 1. The molecular formula is C40H49N3O11. The van der Waals surface area contributed by atoms with E-state index in [1.54, 1.807) is 44.2 Å². The van der Waals surface area contributed by atoms with Gasteiger partial charge in [0.25, 0.3) is 5.91 Å². The summed E-state index contributed by atoms with van der Waals surface area (Å²) in [5, 5.41) is 23.2. The van der Waals surface area contributed by atoms with E-state index in [0.29, 0.717) is 22.4 Å². The van der Waals surface area contributed by atoms with E-state index in [9.17, 15) is 33.9 Å². The van der Waals surface area contributed by atoms with Crippen LogP contribution in [-0.4, -0.2) is 88.8 Å². The lowest BCUT2D eigenvalue weighted by Crippen LogP contribution is -2.50. The quantitative estimate of drug-likeness (QED) is 0.118. The van der Waals surface area contributed by atoms with Gasteiger partial charge in [-0.25, -0.2) is 9.69 Å². The van der Waals surface area contributed by atoms with Gasteiger partial charge in [-0.1, -0.05) is 62.9 Å². The average molecular weight is 748 g/mol. The number of aryl methyl sites for hydroxylation is 1. The number of carbonyl (C=O) groups excluding carboxylic acids is 5. The first-order valence-corrected chi connectivity index (χ1v) is 17.9. The summed E-state index contributed by atoms with van der Waals surface area (Å²) in [6.45, 7) is 14.6. The molecular weight excluding hydrogens is 698 g/mol. The van der Waals surface area contributed by atoms with Crippen molar-refractivity contribution in [3.63, 3.8) is 0 Å². The van der Waals surface area contributed by atoms with Gasteiger partial charge in [-0.2, -0.15) is 0 Å². The molecule has 1 unspecified atom stereocenters. The third kappa shape index (κ3) is 10.3. The predicted molar refractivity (Wildman–Crippen MR) is 198 cm³/mol. The Morgan fingerprint density at radius 3 is 2.39 bits per heavy atom. The molecule has 1 saturated heterocycles. The number of aliphatic hydroxyl groups excluding tert-OH is 1. The third-order valence-electron chi connectivity index (χ3n) is 9.43. The summed E-state index contributed by atoms with van der Waals surface area (Å²) in [5.74, 6) is -3.04. The SMILES string of the molecule is C=CCOC(=O)C[C@H](C(=O)N[C@@H](C)C(=O)Cc1ccc(COC(=O)N2c3cc(OCCCC(=O)O)c(C)cc3C(=O)N3CC(=C)C[C@H]3C2O)cc1)C(C)C. The molecule has 2 aromatic rings. The van der Waals surface area contributed by atoms with E-state index in [0.717, 1.165) is 10.5 Å². The van der Waals surface area contributed by atoms with Crippen molar-refractivity contribution in [2.75, 3.05) is 24.7 Å². The number of hydrogen-bond acceptors (Lipinski definition) is 10. The van der Waals surface area contributed by atoms with E-state index >= 15 is 0 Å². The minimum atomic E-state index is -1.47. The summed E-state index contributed by atoms with van der Waals surface area (Å²) in [4.78, 5) is 79.0. The number of amides is 3. The number of nitrogens with one attached hydrogen (secondary N) is 1. The van der Waals surface area contributed by atoms with Gasteiger partial charge in [0, 0.05) is 25.5 Å². The Morgan fingerprint density at radius 1 is 1.06 bits per heavy atom. The van der Waals surface area contributed by atoms with Crippen LogP contribution in [-0.2, 0) is 41.7 Å². The number of carboxylic acids is 1. The van der Waals surface area contributed by atoms with E-state index in [1.807, 2.05) is 13.8 Å². The van der Waals surface area contributed by atoms with Crippen LogP contribution in [0.2, 0.25) is 0 Å². The molecule has 14 nitrogen and oxygen atoms in total. The van der Waals surface area contributed by atoms with Crippen molar-refractivity contribution in [2.45, 2.75) is 84.7 Å². The zero-order chi connectivity index (χ0) is 39.7. The summed E-state index contributed by atoms with van der Waals surface area (Å²) in [6, 6.07) is 8.28. The van der Waals surface area contributed by atoms with Gasteiger partial charge in [0.05, 0.1) is 42.3 Å². The lowest BCUT2D eigenvalue weighted by atomic mass is 9.91. The van der Waals surface area contributed by atoms with Gasteiger partial charge in [0.1, 0.15) is 19.0 Å². The van der Waals surface area contributed by atoms with Gasteiger partial charge in [-0.3, -0.25) is 24.0 Å². The summed E-state index contributed by atoms with van der Waals surface area (Å²) in [7, 11) is 0. The Morgan fingerprint density at radius 2 is 1.74 bits per heavy atom. The second kappa shape index (κ2) is 18.5. The van der Waals surface area contributed by atoms with Crippen molar-refractivity contribution in [2.24, 2.45) is 11.8 Å². The van der Waals surface area contributed by atoms with Crippen molar-refractivity contribution in [1.82, 2.24) is 10.2 Å². The maximum Gasteiger partial charge on any atom is 0.416 e. The number of benzene rings is 2. The molecule has 2 aliphatic heterocycles. The number of fused-ring (bicyclic) bond motifs is 2. The summed E-state index contributed by atoms with van der Waals surface area (Å²) >= 11 is 0. The monoisotopic (exact) mass is 747 g/mol. The van der Waals surface area contributed by atoms with Crippen LogP contribution in [0.15, 0.2) is 61.2 Å². The number of aliphatic hydroxyl groups is 1. The Bertz CT molecular complexity index is 1770. The highest BCUT2D eigenvalue weighted by atomic mass is 16.6. The fraction of sp³-hybridized carbons (Fsp3) is 0.450. The van der Waals surface area contributed by atoms with Gasteiger partial charge < -0.3 is 34.6 Å². The lowest BCUT2D eigenvalue weighted by Gasteiger charge is -2.31. The molecule has 0 radical (unpaired) electrons. The molecule has 4 rings (SSSR count). The molecule has 14 heteroatoms. The Hall–Kier alpha value is -5.50. The molecule has 2 heterocycles. The second-order valence-electron chi connectivity index (χ2n) is 14.0. The number of hydrogen-bond donors (Lipinski definition) is 3. The third-order valence-corrected chi connectivity index (χ3v) is 9.43. The molecule has 0 aliphatic carbocycles. The van der Waals surface area contributed by atoms with Crippen LogP contribution in [0.3, 0.4) is 0 Å². The minimum absolute atomic E-state index is 0.0172. The molecule has 3 amide bonds. The molecule has 4 atom stereocenters. The van der Waals surface area contributed by atoms with Crippen molar-refractivity contribution >= 4 is 41.3 Å². The molecule has 3 N–H and O–H groups in total. The number of ketones is 1. The number of carboxylic acid groups (broad SMARTS) is 1. The maximum absolute atomic E-state index is 13.8. The van der Waals surface area contributed by atoms with E-state index < -0.39 is 48.2 Å². The average Bonchev–Trinajstić information content (AvgIpc) is 3.49. The number of esters is 1. The van der Waals surface area contributed by atoms with Crippen molar-refractivity contribution in [1.29, 1.82) is 0 Å². The molecule has 54 heavy (non-hydrogen) atoms. The van der Waals surface area contributed by atoms with Crippen molar-refractivity contribution in [3.8, 4) is 5.75 Å². The number of carbonyl (C=O) groups is 6. The maximum atomic E-state index is 13.8. The number of nitrogens with zero attached hydrogens (tertiary/aromatic N) is 2. The van der Waals surface area contributed by atoms with E-state index in [4.69, 9.17) is 19.3 Å². The first-order chi connectivity index (χ1) is 25.6. The number of ether oxygens (including phenoxy) is 3. The Balaban J connectivity index is 1.42. The highest BCUT2D eigenvalue weighted by Crippen LogP contribution is 2.39. The predicted octanol–water partition coefficient (Wildman–Crippen LogP) is 4.49. The zero-order valence-electron chi connectivity index (χ0n) is 31.2. The zero-order valence-corrected chi connectivity index (χ0v) is 31.2.